The van der Waals surface area contributed by atoms with E-state index < -0.39 is 0 Å². The van der Waals surface area contributed by atoms with Crippen molar-refractivity contribution in [2.45, 2.75) is 0 Å². The molecule has 1 amide bonds. The van der Waals surface area contributed by atoms with Crippen LogP contribution in [0, 0.1) is 0 Å². The van der Waals surface area contributed by atoms with Gasteiger partial charge in [-0.3, -0.25) is 4.79 Å². The molecule has 1 N–H and O–H groups in total. The standard InChI is InChI=1S/C18H16Cl3NO4/c1-24-15-6-10(7-16(25-2)18(15)26-3)4-5-17(23)22-14-9-12(20)11(19)8-13(14)21/h4-9H,1-3H3,(H,22,23)/b5-4+. The Hall–Kier alpha value is -2.08. The first-order valence-electron chi connectivity index (χ1n) is 7.33. The number of hydrogen-bond donors (Lipinski definition) is 1. The Morgan fingerprint density at radius 3 is 2.00 bits per heavy atom. The monoisotopic (exact) mass is 415 g/mol. The molecule has 0 aliphatic heterocycles. The zero-order valence-electron chi connectivity index (χ0n) is 14.2. The molecule has 0 radical (unpaired) electrons. The minimum atomic E-state index is -0.390. The van der Waals surface area contributed by atoms with Crippen LogP contribution in [0.3, 0.4) is 0 Å². The van der Waals surface area contributed by atoms with Crippen LogP contribution in [0.4, 0.5) is 5.69 Å². The van der Waals surface area contributed by atoms with Gasteiger partial charge < -0.3 is 19.5 Å². The fourth-order valence-corrected chi connectivity index (χ4v) is 2.76. The maximum absolute atomic E-state index is 12.1. The Morgan fingerprint density at radius 1 is 0.885 bits per heavy atom. The molecule has 0 atom stereocenters. The van der Waals surface area contributed by atoms with E-state index in [1.165, 1.54) is 39.5 Å². The summed E-state index contributed by atoms with van der Waals surface area (Å²) in [4.78, 5) is 12.1. The summed E-state index contributed by atoms with van der Waals surface area (Å²) in [5.41, 5.74) is 1.05. The molecule has 0 spiro atoms. The van der Waals surface area contributed by atoms with Crippen LogP contribution in [0.1, 0.15) is 5.56 Å². The number of ether oxygens (including phenoxy) is 3. The number of carbonyl (C=O) groups excluding carboxylic acids is 1. The van der Waals surface area contributed by atoms with Crippen molar-refractivity contribution in [1.29, 1.82) is 0 Å². The quantitative estimate of drug-likeness (QED) is 0.511. The predicted octanol–water partition coefficient (Wildman–Crippen LogP) is 5.32. The van der Waals surface area contributed by atoms with Gasteiger partial charge in [-0.25, -0.2) is 0 Å². The zero-order chi connectivity index (χ0) is 19.3. The summed E-state index contributed by atoms with van der Waals surface area (Å²) in [6, 6.07) is 6.38. The zero-order valence-corrected chi connectivity index (χ0v) is 16.5. The van der Waals surface area contributed by atoms with Gasteiger partial charge in [0.1, 0.15) is 0 Å². The molecule has 26 heavy (non-hydrogen) atoms. The molecule has 0 saturated carbocycles. The molecule has 0 heterocycles. The SMILES string of the molecule is COc1cc(/C=C/C(=O)Nc2cc(Cl)c(Cl)cc2Cl)cc(OC)c1OC. The lowest BCUT2D eigenvalue weighted by atomic mass is 10.1. The molecule has 0 aliphatic rings. The lowest BCUT2D eigenvalue weighted by Crippen LogP contribution is -2.08. The molecular weight excluding hydrogens is 401 g/mol. The van der Waals surface area contributed by atoms with Crippen molar-refractivity contribution in [2.75, 3.05) is 26.6 Å². The van der Waals surface area contributed by atoms with Crippen LogP contribution >= 0.6 is 34.8 Å². The van der Waals surface area contributed by atoms with E-state index in [4.69, 9.17) is 49.0 Å². The largest absolute Gasteiger partial charge is 0.493 e. The second-order valence-electron chi connectivity index (χ2n) is 5.03. The topological polar surface area (TPSA) is 56.8 Å². The third kappa shape index (κ3) is 4.75. The lowest BCUT2D eigenvalue weighted by molar-refractivity contribution is -0.111. The van der Waals surface area contributed by atoms with E-state index in [-0.39, 0.29) is 10.9 Å². The van der Waals surface area contributed by atoms with E-state index in [2.05, 4.69) is 5.32 Å². The van der Waals surface area contributed by atoms with E-state index in [1.807, 2.05) is 0 Å². The van der Waals surface area contributed by atoms with Crippen LogP contribution in [0.2, 0.25) is 15.1 Å². The third-order valence-corrected chi connectivity index (χ3v) is 4.42. The average Bonchev–Trinajstić information content (AvgIpc) is 2.63. The first-order valence-corrected chi connectivity index (χ1v) is 8.46. The Bertz CT molecular complexity index is 828. The van der Waals surface area contributed by atoms with Crippen LogP contribution in [0.5, 0.6) is 17.2 Å². The minimum Gasteiger partial charge on any atom is -0.493 e. The van der Waals surface area contributed by atoms with E-state index in [1.54, 1.807) is 18.2 Å². The summed E-state index contributed by atoms with van der Waals surface area (Å²) in [7, 11) is 4.55. The lowest BCUT2D eigenvalue weighted by Gasteiger charge is -2.12. The van der Waals surface area contributed by atoms with Gasteiger partial charge >= 0.3 is 0 Å². The van der Waals surface area contributed by atoms with E-state index >= 15 is 0 Å². The summed E-state index contributed by atoms with van der Waals surface area (Å²) < 4.78 is 15.8. The molecule has 0 aliphatic carbocycles. The fraction of sp³-hybridized carbons (Fsp3) is 0.167. The number of benzene rings is 2. The average molecular weight is 417 g/mol. The number of rotatable bonds is 6. The van der Waals surface area contributed by atoms with Gasteiger partial charge in [0, 0.05) is 6.08 Å². The highest BCUT2D eigenvalue weighted by molar-refractivity contribution is 6.44. The fourth-order valence-electron chi connectivity index (χ4n) is 2.16. The summed E-state index contributed by atoms with van der Waals surface area (Å²) in [5, 5.41) is 3.53. The number of carbonyl (C=O) groups is 1. The highest BCUT2D eigenvalue weighted by Gasteiger charge is 2.12. The Balaban J connectivity index is 2.21. The Kier molecular flexibility index (Phi) is 7.03. The van der Waals surface area contributed by atoms with Crippen molar-refractivity contribution in [1.82, 2.24) is 0 Å². The summed E-state index contributed by atoms with van der Waals surface area (Å²) >= 11 is 17.9. The number of nitrogens with one attached hydrogen (secondary N) is 1. The van der Waals surface area contributed by atoms with Gasteiger partial charge in [0.2, 0.25) is 11.7 Å². The van der Waals surface area contributed by atoms with Gasteiger partial charge in [-0.15, -0.1) is 0 Å². The summed E-state index contributed by atoms with van der Waals surface area (Å²) in [6.07, 6.45) is 2.95. The molecule has 0 bridgehead atoms. The van der Waals surface area contributed by atoms with Gasteiger partial charge in [0.15, 0.2) is 11.5 Å². The van der Waals surface area contributed by atoms with Gasteiger partial charge in [-0.2, -0.15) is 0 Å². The molecule has 2 aromatic carbocycles. The first kappa shape index (κ1) is 20.2. The highest BCUT2D eigenvalue weighted by atomic mass is 35.5. The number of anilines is 1. The van der Waals surface area contributed by atoms with Crippen molar-refractivity contribution >= 4 is 52.5 Å². The molecule has 0 fully saturated rings. The predicted molar refractivity (Wildman–Crippen MR) is 105 cm³/mol. The van der Waals surface area contributed by atoms with Crippen molar-refractivity contribution in [2.24, 2.45) is 0 Å². The van der Waals surface area contributed by atoms with Gasteiger partial charge in [0.25, 0.3) is 0 Å². The van der Waals surface area contributed by atoms with Crippen molar-refractivity contribution in [3.63, 3.8) is 0 Å². The normalized spacial score (nSPS) is 10.7. The number of methoxy groups -OCH3 is 3. The van der Waals surface area contributed by atoms with Crippen LogP contribution in [0.15, 0.2) is 30.3 Å². The number of hydrogen-bond acceptors (Lipinski definition) is 4. The van der Waals surface area contributed by atoms with Gasteiger partial charge in [-0.05, 0) is 35.9 Å². The van der Waals surface area contributed by atoms with Crippen LogP contribution in [0.25, 0.3) is 6.08 Å². The van der Waals surface area contributed by atoms with E-state index in [9.17, 15) is 4.79 Å². The number of halogens is 3. The van der Waals surface area contributed by atoms with Crippen LogP contribution < -0.4 is 19.5 Å². The van der Waals surface area contributed by atoms with E-state index in [0.717, 1.165) is 0 Å². The highest BCUT2D eigenvalue weighted by Crippen LogP contribution is 2.38. The van der Waals surface area contributed by atoms with Crippen molar-refractivity contribution < 1.29 is 19.0 Å². The second kappa shape index (κ2) is 9.03. The molecule has 0 saturated heterocycles. The summed E-state index contributed by atoms with van der Waals surface area (Å²) in [6.45, 7) is 0. The van der Waals surface area contributed by atoms with Crippen molar-refractivity contribution in [3.05, 3.63) is 51.0 Å². The molecule has 5 nitrogen and oxygen atoms in total. The molecule has 2 aromatic rings. The second-order valence-corrected chi connectivity index (χ2v) is 6.25. The summed E-state index contributed by atoms with van der Waals surface area (Å²) in [5.74, 6) is 1.05. The number of amides is 1. The Labute approximate surface area is 166 Å². The maximum Gasteiger partial charge on any atom is 0.248 e. The van der Waals surface area contributed by atoms with Crippen molar-refractivity contribution in [3.8, 4) is 17.2 Å². The molecular formula is C18H16Cl3NO4. The van der Waals surface area contributed by atoms with Gasteiger partial charge in [-0.1, -0.05) is 34.8 Å². The maximum atomic E-state index is 12.1. The third-order valence-electron chi connectivity index (χ3n) is 3.38. The molecule has 138 valence electrons. The molecule has 0 aromatic heterocycles. The first-order chi connectivity index (χ1) is 12.4. The molecule has 8 heteroatoms. The minimum absolute atomic E-state index is 0.286. The van der Waals surface area contributed by atoms with Crippen LogP contribution in [-0.4, -0.2) is 27.2 Å². The van der Waals surface area contributed by atoms with E-state index in [0.29, 0.717) is 38.5 Å². The van der Waals surface area contributed by atoms with Crippen LogP contribution in [-0.2, 0) is 4.79 Å². The molecule has 2 rings (SSSR count). The molecule has 0 unspecified atom stereocenters. The van der Waals surface area contributed by atoms with Gasteiger partial charge in [0.05, 0.1) is 42.1 Å². The Morgan fingerprint density at radius 2 is 1.46 bits per heavy atom. The smallest absolute Gasteiger partial charge is 0.248 e.